The summed E-state index contributed by atoms with van der Waals surface area (Å²) in [4.78, 5) is 15.8. The molecular weight excluding hydrogens is 388 g/mol. The monoisotopic (exact) mass is 418 g/mol. The maximum atomic E-state index is 11.4. The number of aliphatic carboxylic acids is 1. The number of nitrogens with zero attached hydrogens (tertiary/aromatic N) is 2. The number of halogens is 1. The second kappa shape index (κ2) is 10.3. The Bertz CT molecular complexity index is 810. The molecule has 2 aromatic rings. The van der Waals surface area contributed by atoms with E-state index in [1.165, 1.54) is 12.8 Å². The minimum atomic E-state index is -0.729. The van der Waals surface area contributed by atoms with Crippen molar-refractivity contribution < 1.29 is 15.0 Å². The Kier molecular flexibility index (Phi) is 7.73. The van der Waals surface area contributed by atoms with Gasteiger partial charge in [0.05, 0.1) is 18.7 Å². The lowest BCUT2D eigenvalue weighted by molar-refractivity contribution is -0.137. The van der Waals surface area contributed by atoms with Crippen LogP contribution in [0.25, 0.3) is 0 Å². The van der Waals surface area contributed by atoms with Crippen molar-refractivity contribution >= 4 is 17.6 Å². The first-order valence-electron chi connectivity index (χ1n) is 10.7. The van der Waals surface area contributed by atoms with E-state index < -0.39 is 5.97 Å². The summed E-state index contributed by atoms with van der Waals surface area (Å²) in [5.41, 5.74) is 2.85. The van der Waals surface area contributed by atoms with E-state index in [-0.39, 0.29) is 18.9 Å². The van der Waals surface area contributed by atoms with Crippen LogP contribution in [0.5, 0.6) is 0 Å². The van der Waals surface area contributed by atoms with E-state index in [1.54, 1.807) is 0 Å². The standard InChI is InChI=1S/C23H31ClN2O3/c1-2-3-8-21-25-23(24)20(15-27)26(21)14-16-9-11-18(12-10-16)19(13-22(28)29)17-6-4-5-7-17/h9-12,17,19,27H,2-8,13-15H2,1H3,(H,28,29). The maximum absolute atomic E-state index is 11.4. The van der Waals surface area contributed by atoms with E-state index in [4.69, 9.17) is 11.6 Å². The number of hydrogen-bond donors (Lipinski definition) is 2. The van der Waals surface area contributed by atoms with Crippen molar-refractivity contribution in [1.29, 1.82) is 0 Å². The summed E-state index contributed by atoms with van der Waals surface area (Å²) in [5, 5.41) is 19.5. The van der Waals surface area contributed by atoms with Crippen LogP contribution in [0.15, 0.2) is 24.3 Å². The molecule has 1 fully saturated rings. The zero-order valence-electron chi connectivity index (χ0n) is 17.1. The van der Waals surface area contributed by atoms with Gasteiger partial charge in [0.25, 0.3) is 0 Å². The molecule has 3 rings (SSSR count). The third-order valence-corrected chi connectivity index (χ3v) is 6.42. The fourth-order valence-electron chi connectivity index (χ4n) is 4.53. The average Bonchev–Trinajstić information content (AvgIpc) is 3.33. The van der Waals surface area contributed by atoms with Crippen LogP contribution >= 0.6 is 11.6 Å². The number of carboxylic acids is 1. The molecule has 5 nitrogen and oxygen atoms in total. The number of carbonyl (C=O) groups is 1. The highest BCUT2D eigenvalue weighted by Crippen LogP contribution is 2.39. The number of benzene rings is 1. The Morgan fingerprint density at radius 1 is 1.28 bits per heavy atom. The van der Waals surface area contributed by atoms with Gasteiger partial charge in [0.2, 0.25) is 0 Å². The Morgan fingerprint density at radius 2 is 1.97 bits per heavy atom. The van der Waals surface area contributed by atoms with E-state index in [0.29, 0.717) is 23.3 Å². The Labute approximate surface area is 177 Å². The number of aliphatic hydroxyl groups is 1. The predicted octanol–water partition coefficient (Wildman–Crippen LogP) is 5.17. The third kappa shape index (κ3) is 5.40. The highest BCUT2D eigenvalue weighted by atomic mass is 35.5. The summed E-state index contributed by atoms with van der Waals surface area (Å²) in [7, 11) is 0. The van der Waals surface area contributed by atoms with Crippen LogP contribution < -0.4 is 0 Å². The molecular formula is C23H31ClN2O3. The number of carboxylic acid groups (broad SMARTS) is 1. The van der Waals surface area contributed by atoms with Gasteiger partial charge in [0, 0.05) is 13.0 Å². The van der Waals surface area contributed by atoms with E-state index >= 15 is 0 Å². The van der Waals surface area contributed by atoms with Crippen LogP contribution in [-0.2, 0) is 24.4 Å². The Morgan fingerprint density at radius 3 is 2.55 bits per heavy atom. The minimum absolute atomic E-state index is 0.0832. The largest absolute Gasteiger partial charge is 0.481 e. The number of aliphatic hydroxyl groups excluding tert-OH is 1. The van der Waals surface area contributed by atoms with Crippen LogP contribution in [-0.4, -0.2) is 25.7 Å². The number of aromatic nitrogens is 2. The molecule has 29 heavy (non-hydrogen) atoms. The summed E-state index contributed by atoms with van der Waals surface area (Å²) in [6.07, 6.45) is 7.75. The number of imidazole rings is 1. The quantitative estimate of drug-likeness (QED) is 0.558. The number of rotatable bonds is 10. The molecule has 1 unspecified atom stereocenters. The molecule has 1 aliphatic rings. The van der Waals surface area contributed by atoms with E-state index in [2.05, 4.69) is 36.2 Å². The molecule has 158 valence electrons. The molecule has 1 aromatic carbocycles. The van der Waals surface area contributed by atoms with Gasteiger partial charge >= 0.3 is 5.97 Å². The van der Waals surface area contributed by atoms with E-state index in [1.807, 2.05) is 4.57 Å². The van der Waals surface area contributed by atoms with Crippen molar-refractivity contribution in [1.82, 2.24) is 9.55 Å². The number of unbranched alkanes of at least 4 members (excludes halogenated alkanes) is 1. The van der Waals surface area contributed by atoms with Crippen LogP contribution in [0.2, 0.25) is 5.15 Å². The van der Waals surface area contributed by atoms with Crippen LogP contribution in [0.1, 0.15) is 80.4 Å². The SMILES string of the molecule is CCCCc1nc(Cl)c(CO)n1Cc1ccc(C(CC(=O)O)C2CCCC2)cc1. The summed E-state index contributed by atoms with van der Waals surface area (Å²) in [5.74, 6) is 0.720. The second-order valence-corrected chi connectivity index (χ2v) is 8.46. The first-order valence-corrected chi connectivity index (χ1v) is 11.1. The van der Waals surface area contributed by atoms with Gasteiger partial charge in [-0.3, -0.25) is 4.79 Å². The van der Waals surface area contributed by atoms with Gasteiger partial charge < -0.3 is 14.8 Å². The molecule has 1 aliphatic carbocycles. The van der Waals surface area contributed by atoms with Crippen molar-refractivity contribution in [3.63, 3.8) is 0 Å². The van der Waals surface area contributed by atoms with E-state index in [0.717, 1.165) is 49.1 Å². The fraction of sp³-hybridized carbons (Fsp3) is 0.565. The lowest BCUT2D eigenvalue weighted by Crippen LogP contribution is -2.15. The topological polar surface area (TPSA) is 75.4 Å². The zero-order valence-corrected chi connectivity index (χ0v) is 17.9. The van der Waals surface area contributed by atoms with Crippen LogP contribution in [0.4, 0.5) is 0 Å². The Hall–Kier alpha value is -1.85. The van der Waals surface area contributed by atoms with Gasteiger partial charge in [0.1, 0.15) is 5.82 Å². The molecule has 1 heterocycles. The van der Waals surface area contributed by atoms with Crippen molar-refractivity contribution in [2.24, 2.45) is 5.92 Å². The molecule has 0 aliphatic heterocycles. The van der Waals surface area contributed by atoms with Crippen LogP contribution in [0.3, 0.4) is 0 Å². The fourth-order valence-corrected chi connectivity index (χ4v) is 4.79. The molecule has 2 N–H and O–H groups in total. The Balaban J connectivity index is 1.80. The first-order chi connectivity index (χ1) is 14.0. The van der Waals surface area contributed by atoms with Gasteiger partial charge in [0.15, 0.2) is 5.15 Å². The van der Waals surface area contributed by atoms with Crippen molar-refractivity contribution in [2.45, 2.75) is 77.4 Å². The third-order valence-electron chi connectivity index (χ3n) is 6.12. The summed E-state index contributed by atoms with van der Waals surface area (Å²) in [6, 6.07) is 8.28. The molecule has 1 aromatic heterocycles. The normalized spacial score (nSPS) is 15.7. The molecule has 0 spiro atoms. The van der Waals surface area contributed by atoms with Gasteiger partial charge in [-0.2, -0.15) is 0 Å². The lowest BCUT2D eigenvalue weighted by Gasteiger charge is -2.22. The highest BCUT2D eigenvalue weighted by molar-refractivity contribution is 6.30. The van der Waals surface area contributed by atoms with Gasteiger partial charge in [-0.1, -0.05) is 62.1 Å². The van der Waals surface area contributed by atoms with E-state index in [9.17, 15) is 15.0 Å². The van der Waals surface area contributed by atoms with Crippen molar-refractivity contribution in [2.75, 3.05) is 0 Å². The summed E-state index contributed by atoms with van der Waals surface area (Å²) < 4.78 is 2.01. The zero-order chi connectivity index (χ0) is 20.8. The van der Waals surface area contributed by atoms with Crippen molar-refractivity contribution in [3.8, 4) is 0 Å². The molecule has 0 saturated heterocycles. The molecule has 0 amide bonds. The van der Waals surface area contributed by atoms with Gasteiger partial charge in [-0.15, -0.1) is 0 Å². The minimum Gasteiger partial charge on any atom is -0.481 e. The van der Waals surface area contributed by atoms with Gasteiger partial charge in [-0.05, 0) is 42.2 Å². The molecule has 0 bridgehead atoms. The summed E-state index contributed by atoms with van der Waals surface area (Å²) >= 11 is 6.24. The molecule has 6 heteroatoms. The van der Waals surface area contributed by atoms with Crippen LogP contribution in [0, 0.1) is 5.92 Å². The maximum Gasteiger partial charge on any atom is 0.303 e. The molecule has 1 saturated carbocycles. The van der Waals surface area contributed by atoms with Gasteiger partial charge in [-0.25, -0.2) is 4.98 Å². The first kappa shape index (κ1) is 21.8. The summed E-state index contributed by atoms with van der Waals surface area (Å²) in [6.45, 7) is 2.60. The number of hydrogen-bond acceptors (Lipinski definition) is 3. The second-order valence-electron chi connectivity index (χ2n) is 8.10. The smallest absolute Gasteiger partial charge is 0.303 e. The highest BCUT2D eigenvalue weighted by Gasteiger charge is 2.28. The number of aryl methyl sites for hydroxylation is 1. The average molecular weight is 419 g/mol. The lowest BCUT2D eigenvalue weighted by atomic mass is 9.82. The van der Waals surface area contributed by atoms with Crippen molar-refractivity contribution in [3.05, 3.63) is 52.1 Å². The molecule has 1 atom stereocenters. The predicted molar refractivity (Wildman–Crippen MR) is 114 cm³/mol. The molecule has 0 radical (unpaired) electrons.